The number of rotatable bonds is 9. The van der Waals surface area contributed by atoms with Gasteiger partial charge in [0.15, 0.2) is 11.5 Å². The molecule has 7 nitrogen and oxygen atoms in total. The molecule has 2 rings (SSSR count). The number of nitrogens with zero attached hydrogens (tertiary/aromatic N) is 1. The quantitative estimate of drug-likeness (QED) is 0.385. The monoisotopic (exact) mass is 351 g/mol. The van der Waals surface area contributed by atoms with Crippen molar-refractivity contribution < 1.29 is 23.9 Å². The zero-order chi connectivity index (χ0) is 18.2. The van der Waals surface area contributed by atoms with Crippen molar-refractivity contribution in [2.45, 2.75) is 51.0 Å². The van der Waals surface area contributed by atoms with Gasteiger partial charge in [-0.1, -0.05) is 6.07 Å². The Bertz CT molecular complexity index is 597. The van der Waals surface area contributed by atoms with Gasteiger partial charge < -0.3 is 14.2 Å². The van der Waals surface area contributed by atoms with E-state index in [0.29, 0.717) is 17.1 Å². The lowest BCUT2D eigenvalue weighted by atomic mass is 9.95. The van der Waals surface area contributed by atoms with Crippen LogP contribution in [0.15, 0.2) is 18.2 Å². The predicted molar refractivity (Wildman–Crippen MR) is 91.7 cm³/mol. The number of carbonyl (C=O) groups is 1. The summed E-state index contributed by atoms with van der Waals surface area (Å²) in [5.41, 5.74) is 0.679. The molecule has 1 saturated carbocycles. The molecule has 1 aromatic carbocycles. The van der Waals surface area contributed by atoms with E-state index in [4.69, 9.17) is 14.2 Å². The van der Waals surface area contributed by atoms with Crippen molar-refractivity contribution in [1.82, 2.24) is 0 Å². The fourth-order valence-electron chi connectivity index (χ4n) is 3.11. The van der Waals surface area contributed by atoms with E-state index in [2.05, 4.69) is 0 Å². The van der Waals surface area contributed by atoms with Crippen LogP contribution in [0.1, 0.15) is 50.5 Å². The van der Waals surface area contributed by atoms with Gasteiger partial charge in [0.1, 0.15) is 0 Å². The Labute approximate surface area is 147 Å². The molecule has 25 heavy (non-hydrogen) atoms. The molecule has 0 saturated heterocycles. The van der Waals surface area contributed by atoms with Crippen LogP contribution in [-0.4, -0.2) is 37.3 Å². The highest BCUT2D eigenvalue weighted by Crippen LogP contribution is 2.35. The van der Waals surface area contributed by atoms with Gasteiger partial charge >= 0.3 is 5.97 Å². The number of hydrogen-bond donors (Lipinski definition) is 0. The highest BCUT2D eigenvalue weighted by molar-refractivity contribution is 5.70. The molecular formula is C18H25NO6. The average molecular weight is 351 g/mol. The fourth-order valence-corrected chi connectivity index (χ4v) is 3.11. The van der Waals surface area contributed by atoms with Crippen LogP contribution >= 0.6 is 0 Å². The van der Waals surface area contributed by atoms with Gasteiger partial charge in [-0.15, -0.1) is 0 Å². The lowest BCUT2D eigenvalue weighted by Gasteiger charge is -2.19. The Morgan fingerprint density at radius 2 is 2.04 bits per heavy atom. The molecule has 1 aromatic rings. The van der Waals surface area contributed by atoms with E-state index in [0.717, 1.165) is 25.7 Å². The van der Waals surface area contributed by atoms with Gasteiger partial charge in [0.05, 0.1) is 32.2 Å². The van der Waals surface area contributed by atoms with E-state index < -0.39 is 16.8 Å². The van der Waals surface area contributed by atoms with E-state index in [1.54, 1.807) is 32.2 Å². The summed E-state index contributed by atoms with van der Waals surface area (Å²) in [6.45, 7) is 1.62. The Morgan fingerprint density at radius 1 is 1.32 bits per heavy atom. The van der Waals surface area contributed by atoms with Crippen molar-refractivity contribution in [2.24, 2.45) is 0 Å². The summed E-state index contributed by atoms with van der Waals surface area (Å²) in [4.78, 5) is 22.4. The molecule has 0 bridgehead atoms. The maximum atomic E-state index is 11.8. The van der Waals surface area contributed by atoms with Crippen molar-refractivity contribution >= 4 is 5.97 Å². The van der Waals surface area contributed by atoms with Crippen molar-refractivity contribution in [3.05, 3.63) is 33.9 Å². The third kappa shape index (κ3) is 5.62. The molecule has 0 amide bonds. The molecule has 138 valence electrons. The van der Waals surface area contributed by atoms with Crippen LogP contribution in [-0.2, 0) is 9.53 Å². The summed E-state index contributed by atoms with van der Waals surface area (Å²) in [7, 11) is 1.56. The normalized spacial score (nSPS) is 15.6. The predicted octanol–water partition coefficient (Wildman–Crippen LogP) is 3.33. The number of esters is 1. The Morgan fingerprint density at radius 3 is 2.64 bits per heavy atom. The van der Waals surface area contributed by atoms with E-state index in [-0.39, 0.29) is 25.7 Å². The van der Waals surface area contributed by atoms with Crippen LogP contribution in [0, 0.1) is 10.1 Å². The van der Waals surface area contributed by atoms with Crippen LogP contribution in [0.2, 0.25) is 0 Å². The molecule has 0 heterocycles. The molecule has 1 atom stereocenters. The second-order valence-corrected chi connectivity index (χ2v) is 6.16. The van der Waals surface area contributed by atoms with Crippen LogP contribution in [0.25, 0.3) is 0 Å². The molecule has 1 fully saturated rings. The lowest BCUT2D eigenvalue weighted by molar-refractivity contribution is -0.483. The zero-order valence-electron chi connectivity index (χ0n) is 14.7. The second kappa shape index (κ2) is 9.25. The SMILES string of the molecule is CCOC(=O)CC(C[N+](=O)[O-])c1ccc(OC)c(OC2CCCC2)c1. The number of carbonyl (C=O) groups excluding carboxylic acids is 1. The maximum Gasteiger partial charge on any atom is 0.306 e. The van der Waals surface area contributed by atoms with Crippen LogP contribution in [0.5, 0.6) is 11.5 Å². The molecule has 7 heteroatoms. The van der Waals surface area contributed by atoms with Gasteiger partial charge in [-0.25, -0.2) is 0 Å². The first-order chi connectivity index (χ1) is 12.0. The number of ether oxygens (including phenoxy) is 3. The molecule has 0 spiro atoms. The maximum absolute atomic E-state index is 11.8. The minimum absolute atomic E-state index is 0.0377. The first-order valence-corrected chi connectivity index (χ1v) is 8.65. The zero-order valence-corrected chi connectivity index (χ0v) is 14.7. The van der Waals surface area contributed by atoms with Gasteiger partial charge in [0.25, 0.3) is 0 Å². The molecule has 1 aliphatic rings. The lowest BCUT2D eigenvalue weighted by Crippen LogP contribution is -2.18. The molecular weight excluding hydrogens is 326 g/mol. The smallest absolute Gasteiger partial charge is 0.306 e. The first-order valence-electron chi connectivity index (χ1n) is 8.65. The van der Waals surface area contributed by atoms with Crippen molar-refractivity contribution in [2.75, 3.05) is 20.3 Å². The summed E-state index contributed by atoms with van der Waals surface area (Å²) < 4.78 is 16.3. The van der Waals surface area contributed by atoms with Gasteiger partial charge in [0.2, 0.25) is 6.54 Å². The number of hydrogen-bond acceptors (Lipinski definition) is 6. The Hall–Kier alpha value is -2.31. The third-order valence-corrected chi connectivity index (χ3v) is 4.34. The summed E-state index contributed by atoms with van der Waals surface area (Å²) in [6, 6.07) is 5.23. The molecule has 0 aliphatic heterocycles. The van der Waals surface area contributed by atoms with Crippen LogP contribution in [0.4, 0.5) is 0 Å². The van der Waals surface area contributed by atoms with Crippen molar-refractivity contribution in [3.63, 3.8) is 0 Å². The van der Waals surface area contributed by atoms with E-state index in [9.17, 15) is 14.9 Å². The highest BCUT2D eigenvalue weighted by atomic mass is 16.6. The summed E-state index contributed by atoms with van der Waals surface area (Å²) >= 11 is 0. The topological polar surface area (TPSA) is 87.9 Å². The van der Waals surface area contributed by atoms with Gasteiger partial charge in [-0.05, 0) is 50.3 Å². The largest absolute Gasteiger partial charge is 0.493 e. The van der Waals surface area contributed by atoms with Gasteiger partial charge in [0, 0.05) is 4.92 Å². The fraction of sp³-hybridized carbons (Fsp3) is 0.611. The van der Waals surface area contributed by atoms with Gasteiger partial charge in [-0.2, -0.15) is 0 Å². The third-order valence-electron chi connectivity index (χ3n) is 4.34. The summed E-state index contributed by atoms with van der Waals surface area (Å²) in [5, 5.41) is 11.0. The Balaban J connectivity index is 2.22. The highest BCUT2D eigenvalue weighted by Gasteiger charge is 2.25. The van der Waals surface area contributed by atoms with E-state index >= 15 is 0 Å². The number of benzene rings is 1. The van der Waals surface area contributed by atoms with Crippen LogP contribution in [0.3, 0.4) is 0 Å². The molecule has 0 aromatic heterocycles. The van der Waals surface area contributed by atoms with Crippen LogP contribution < -0.4 is 9.47 Å². The summed E-state index contributed by atoms with van der Waals surface area (Å²) in [6.07, 6.45) is 4.37. The van der Waals surface area contributed by atoms with Crippen molar-refractivity contribution in [1.29, 1.82) is 0 Å². The summed E-state index contributed by atoms with van der Waals surface area (Å²) in [5.74, 6) is 0.157. The van der Waals surface area contributed by atoms with E-state index in [1.807, 2.05) is 0 Å². The molecule has 1 unspecified atom stereocenters. The van der Waals surface area contributed by atoms with E-state index in [1.165, 1.54) is 0 Å². The molecule has 1 aliphatic carbocycles. The minimum atomic E-state index is -0.564. The molecule has 0 radical (unpaired) electrons. The first kappa shape index (κ1) is 19.0. The minimum Gasteiger partial charge on any atom is -0.493 e. The van der Waals surface area contributed by atoms with Crippen molar-refractivity contribution in [3.8, 4) is 11.5 Å². The molecule has 0 N–H and O–H groups in total. The number of methoxy groups -OCH3 is 1. The standard InChI is InChI=1S/C18H25NO6/c1-3-24-18(20)11-14(12-19(21)22)13-8-9-16(23-2)17(10-13)25-15-6-4-5-7-15/h8-10,14-15H,3-7,11-12H2,1-2H3. The Kier molecular flexibility index (Phi) is 7.03. The second-order valence-electron chi connectivity index (χ2n) is 6.16. The number of nitro groups is 1. The van der Waals surface area contributed by atoms with Gasteiger partial charge in [-0.3, -0.25) is 14.9 Å². The average Bonchev–Trinajstić information content (AvgIpc) is 3.07.